The fourth-order valence-corrected chi connectivity index (χ4v) is 2.81. The minimum absolute atomic E-state index is 0.373. The summed E-state index contributed by atoms with van der Waals surface area (Å²) >= 11 is 0. The van der Waals surface area contributed by atoms with Crippen LogP contribution in [0.5, 0.6) is 5.75 Å². The van der Waals surface area contributed by atoms with Crippen LogP contribution in [0, 0.1) is 0 Å². The van der Waals surface area contributed by atoms with Gasteiger partial charge in [-0.25, -0.2) is 4.79 Å². The van der Waals surface area contributed by atoms with Gasteiger partial charge in [0.05, 0.1) is 7.11 Å². The molecule has 0 aliphatic carbocycles. The zero-order valence-electron chi connectivity index (χ0n) is 14.8. The lowest BCUT2D eigenvalue weighted by Gasteiger charge is -2.17. The molecule has 0 amide bonds. The van der Waals surface area contributed by atoms with Gasteiger partial charge in [-0.3, -0.25) is 0 Å². The molecule has 3 rings (SSSR count). The third-order valence-electron chi connectivity index (χ3n) is 4.18. The molecule has 3 aromatic rings. The molecule has 3 heteroatoms. The van der Waals surface area contributed by atoms with Crippen molar-refractivity contribution in [1.82, 2.24) is 0 Å². The largest absolute Gasteiger partial charge is 0.478 e. The molecule has 3 nitrogen and oxygen atoms in total. The van der Waals surface area contributed by atoms with Crippen molar-refractivity contribution < 1.29 is 14.3 Å². The highest BCUT2D eigenvalue weighted by atomic mass is 16.6. The smallest absolute Gasteiger partial charge is 0.347 e. The van der Waals surface area contributed by atoms with E-state index < -0.39 is 6.10 Å². The maximum Gasteiger partial charge on any atom is 0.347 e. The van der Waals surface area contributed by atoms with Crippen LogP contribution in [0.4, 0.5) is 0 Å². The van der Waals surface area contributed by atoms with E-state index in [2.05, 4.69) is 12.1 Å². The van der Waals surface area contributed by atoms with Gasteiger partial charge in [0.25, 0.3) is 0 Å². The monoisotopic (exact) mass is 346 g/mol. The number of ether oxygens (including phenoxy) is 2. The molecular weight excluding hydrogens is 324 g/mol. The van der Waals surface area contributed by atoms with E-state index in [4.69, 9.17) is 9.47 Å². The number of hydrogen-bond acceptors (Lipinski definition) is 3. The molecule has 0 saturated carbocycles. The quantitative estimate of drug-likeness (QED) is 0.593. The van der Waals surface area contributed by atoms with E-state index in [0.29, 0.717) is 12.2 Å². The topological polar surface area (TPSA) is 35.5 Å². The average Bonchev–Trinajstić information content (AvgIpc) is 2.70. The van der Waals surface area contributed by atoms with Gasteiger partial charge in [0, 0.05) is 6.42 Å². The van der Waals surface area contributed by atoms with Gasteiger partial charge in [-0.2, -0.15) is 0 Å². The van der Waals surface area contributed by atoms with Crippen LogP contribution in [-0.2, 0) is 22.4 Å². The van der Waals surface area contributed by atoms with Gasteiger partial charge in [-0.05, 0) is 35.2 Å². The van der Waals surface area contributed by atoms with E-state index in [1.165, 1.54) is 18.2 Å². The van der Waals surface area contributed by atoms with Gasteiger partial charge < -0.3 is 9.47 Å². The number of carbonyl (C=O) groups is 1. The Kier molecular flexibility index (Phi) is 6.05. The zero-order valence-corrected chi connectivity index (χ0v) is 14.8. The molecule has 1 atom stereocenters. The lowest BCUT2D eigenvalue weighted by atomic mass is 10.0. The molecule has 26 heavy (non-hydrogen) atoms. The number of benzene rings is 3. The first-order chi connectivity index (χ1) is 12.7. The van der Waals surface area contributed by atoms with E-state index in [1.54, 1.807) is 0 Å². The maximum atomic E-state index is 12.1. The highest BCUT2D eigenvalue weighted by molar-refractivity contribution is 5.75. The van der Waals surface area contributed by atoms with E-state index in [1.807, 2.05) is 72.8 Å². The normalized spacial score (nSPS) is 11.6. The Bertz CT molecular complexity index is 811. The predicted octanol–water partition coefficient (Wildman–Crippen LogP) is 4.44. The van der Waals surface area contributed by atoms with Crippen molar-refractivity contribution in [2.45, 2.75) is 18.9 Å². The molecule has 132 valence electrons. The molecule has 0 N–H and O–H groups in total. The van der Waals surface area contributed by atoms with Gasteiger partial charge in [0.2, 0.25) is 0 Å². The van der Waals surface area contributed by atoms with Crippen LogP contribution in [0.2, 0.25) is 0 Å². The summed E-state index contributed by atoms with van der Waals surface area (Å²) in [5.74, 6) is 0.287. The molecule has 0 aliphatic rings. The molecule has 0 aliphatic heterocycles. The summed E-state index contributed by atoms with van der Waals surface area (Å²) in [5, 5.41) is 0. The summed E-state index contributed by atoms with van der Waals surface area (Å²) in [7, 11) is 1.38. The molecular formula is C23H22O3. The predicted molar refractivity (Wildman–Crippen MR) is 102 cm³/mol. The van der Waals surface area contributed by atoms with Crippen LogP contribution < -0.4 is 4.74 Å². The summed E-state index contributed by atoms with van der Waals surface area (Å²) in [6.45, 7) is 0. The number of hydrogen-bond donors (Lipinski definition) is 0. The second kappa shape index (κ2) is 8.86. The van der Waals surface area contributed by atoms with Crippen LogP contribution in [0.3, 0.4) is 0 Å². The first-order valence-corrected chi connectivity index (χ1v) is 8.66. The first-order valence-electron chi connectivity index (χ1n) is 8.66. The average molecular weight is 346 g/mol. The van der Waals surface area contributed by atoms with Crippen LogP contribution in [0.1, 0.15) is 16.7 Å². The van der Waals surface area contributed by atoms with Crippen LogP contribution >= 0.6 is 0 Å². The number of rotatable bonds is 7. The third kappa shape index (κ3) is 4.96. The van der Waals surface area contributed by atoms with E-state index in [9.17, 15) is 4.79 Å². The highest BCUT2D eigenvalue weighted by Crippen LogP contribution is 2.18. The molecule has 3 aromatic carbocycles. The first kappa shape index (κ1) is 17.7. The molecule has 0 aromatic heterocycles. The summed E-state index contributed by atoms with van der Waals surface area (Å²) < 4.78 is 10.8. The van der Waals surface area contributed by atoms with Gasteiger partial charge in [-0.1, -0.05) is 72.8 Å². The maximum absolute atomic E-state index is 12.1. The van der Waals surface area contributed by atoms with Gasteiger partial charge in [-0.15, -0.1) is 0 Å². The molecule has 1 unspecified atom stereocenters. The second-order valence-electron chi connectivity index (χ2n) is 6.13. The summed E-state index contributed by atoms with van der Waals surface area (Å²) in [5.41, 5.74) is 3.49. The summed E-state index contributed by atoms with van der Waals surface area (Å²) in [6, 6.07) is 28.0. The third-order valence-corrected chi connectivity index (χ3v) is 4.18. The SMILES string of the molecule is COC(=O)C(Cc1ccccc1)Oc1ccc(Cc2ccccc2)cc1. The highest BCUT2D eigenvalue weighted by Gasteiger charge is 2.21. The van der Waals surface area contributed by atoms with Crippen molar-refractivity contribution in [2.75, 3.05) is 7.11 Å². The van der Waals surface area contributed by atoms with E-state index in [0.717, 1.165) is 12.0 Å². The minimum Gasteiger partial charge on any atom is -0.478 e. The lowest BCUT2D eigenvalue weighted by molar-refractivity contribution is -0.148. The number of carbonyl (C=O) groups excluding carboxylic acids is 1. The van der Waals surface area contributed by atoms with Crippen LogP contribution in [0.15, 0.2) is 84.9 Å². The Morgan fingerprint density at radius 3 is 1.88 bits per heavy atom. The van der Waals surface area contributed by atoms with Crippen molar-refractivity contribution in [3.63, 3.8) is 0 Å². The lowest BCUT2D eigenvalue weighted by Crippen LogP contribution is -2.30. The van der Waals surface area contributed by atoms with E-state index >= 15 is 0 Å². The van der Waals surface area contributed by atoms with Crippen molar-refractivity contribution in [2.24, 2.45) is 0 Å². The van der Waals surface area contributed by atoms with Crippen molar-refractivity contribution in [3.8, 4) is 5.75 Å². The number of esters is 1. The molecule has 0 saturated heterocycles. The molecule has 0 radical (unpaired) electrons. The van der Waals surface area contributed by atoms with Gasteiger partial charge >= 0.3 is 5.97 Å². The van der Waals surface area contributed by atoms with Crippen molar-refractivity contribution in [3.05, 3.63) is 102 Å². The summed E-state index contributed by atoms with van der Waals surface area (Å²) in [4.78, 5) is 12.1. The van der Waals surface area contributed by atoms with Crippen molar-refractivity contribution >= 4 is 5.97 Å². The molecule has 0 spiro atoms. The summed E-state index contributed by atoms with van der Waals surface area (Å²) in [6.07, 6.45) is 0.674. The Morgan fingerprint density at radius 2 is 1.31 bits per heavy atom. The fourth-order valence-electron chi connectivity index (χ4n) is 2.81. The Morgan fingerprint density at radius 1 is 0.769 bits per heavy atom. The molecule has 0 heterocycles. The van der Waals surface area contributed by atoms with Crippen LogP contribution in [-0.4, -0.2) is 19.2 Å². The fraction of sp³-hybridized carbons (Fsp3) is 0.174. The minimum atomic E-state index is -0.664. The Balaban J connectivity index is 1.67. The number of methoxy groups -OCH3 is 1. The van der Waals surface area contributed by atoms with Gasteiger partial charge in [0.1, 0.15) is 5.75 Å². The van der Waals surface area contributed by atoms with Crippen molar-refractivity contribution in [1.29, 1.82) is 0 Å². The molecule has 0 fully saturated rings. The Labute approximate surface area is 154 Å². The van der Waals surface area contributed by atoms with Crippen LogP contribution in [0.25, 0.3) is 0 Å². The Hall–Kier alpha value is -3.07. The standard InChI is InChI=1S/C23H22O3/c1-25-23(24)22(17-19-10-6-3-7-11-19)26-21-14-12-20(13-15-21)16-18-8-4-2-5-9-18/h2-15,22H,16-17H2,1H3. The second-order valence-corrected chi connectivity index (χ2v) is 6.13. The molecule has 0 bridgehead atoms. The van der Waals surface area contributed by atoms with E-state index in [-0.39, 0.29) is 5.97 Å². The zero-order chi connectivity index (χ0) is 18.2. The van der Waals surface area contributed by atoms with Gasteiger partial charge in [0.15, 0.2) is 6.10 Å².